The lowest BCUT2D eigenvalue weighted by Gasteiger charge is -2.13. The number of sulfonamides is 1. The summed E-state index contributed by atoms with van der Waals surface area (Å²) in [6.07, 6.45) is 0. The minimum absolute atomic E-state index is 0.0669. The van der Waals surface area contributed by atoms with Crippen molar-refractivity contribution < 1.29 is 8.42 Å². The number of anilines is 1. The Bertz CT molecular complexity index is 891. The molecule has 2 aromatic rings. The molecular formula is C19H22N2O2S. The zero-order chi connectivity index (χ0) is 17.7. The number of para-hydroxylation sites is 1. The first kappa shape index (κ1) is 18.1. The lowest BCUT2D eigenvalue weighted by molar-refractivity contribution is 0.585. The molecule has 0 aliphatic carbocycles. The Kier molecular flexibility index (Phi) is 5.66. The Morgan fingerprint density at radius 2 is 1.79 bits per heavy atom. The summed E-state index contributed by atoms with van der Waals surface area (Å²) in [4.78, 5) is 2.28. The van der Waals surface area contributed by atoms with Crippen LogP contribution in [0.3, 0.4) is 0 Å². The highest BCUT2D eigenvalue weighted by atomic mass is 32.2. The molecule has 0 aromatic heterocycles. The topological polar surface area (TPSA) is 49.4 Å². The van der Waals surface area contributed by atoms with Crippen LogP contribution in [0, 0.1) is 25.7 Å². The van der Waals surface area contributed by atoms with Crippen LogP contribution in [-0.4, -0.2) is 29.1 Å². The molecule has 2 rings (SSSR count). The summed E-state index contributed by atoms with van der Waals surface area (Å²) in [5.74, 6) is 5.92. The van der Waals surface area contributed by atoms with Gasteiger partial charge in [-0.25, -0.2) is 8.42 Å². The van der Waals surface area contributed by atoms with Gasteiger partial charge in [0, 0.05) is 19.7 Å². The standard InChI is InChI=1S/C19H22N2O2S/c1-15-11-12-16(2)19(14-15)24(22,23)20-13-7-9-17-8-5-6-10-18(17)21(3)4/h5-6,8,10-12,14,20H,13H2,1-4H3. The van der Waals surface area contributed by atoms with E-state index in [1.807, 2.05) is 62.3 Å². The van der Waals surface area contributed by atoms with Crippen LogP contribution in [0.15, 0.2) is 47.4 Å². The molecule has 5 heteroatoms. The molecule has 24 heavy (non-hydrogen) atoms. The van der Waals surface area contributed by atoms with Gasteiger partial charge in [-0.05, 0) is 43.2 Å². The second-order valence-electron chi connectivity index (χ2n) is 5.81. The Hall–Kier alpha value is -2.29. The molecule has 2 aromatic carbocycles. The van der Waals surface area contributed by atoms with Crippen molar-refractivity contribution in [2.24, 2.45) is 0 Å². The van der Waals surface area contributed by atoms with Crippen LogP contribution >= 0.6 is 0 Å². The largest absolute Gasteiger partial charge is 0.377 e. The third-order valence-electron chi connectivity index (χ3n) is 3.59. The third kappa shape index (κ3) is 4.38. The van der Waals surface area contributed by atoms with E-state index in [-0.39, 0.29) is 6.54 Å². The van der Waals surface area contributed by atoms with Crippen LogP contribution in [0.25, 0.3) is 0 Å². The summed E-state index contributed by atoms with van der Waals surface area (Å²) in [7, 11) is 0.339. The monoisotopic (exact) mass is 342 g/mol. The summed E-state index contributed by atoms with van der Waals surface area (Å²) < 4.78 is 27.4. The van der Waals surface area contributed by atoms with Gasteiger partial charge in [0.2, 0.25) is 10.0 Å². The Morgan fingerprint density at radius 1 is 1.08 bits per heavy atom. The van der Waals surface area contributed by atoms with E-state index < -0.39 is 10.0 Å². The zero-order valence-electron chi connectivity index (χ0n) is 14.4. The minimum Gasteiger partial charge on any atom is -0.377 e. The summed E-state index contributed by atoms with van der Waals surface area (Å²) >= 11 is 0. The molecule has 126 valence electrons. The number of nitrogens with one attached hydrogen (secondary N) is 1. The molecule has 4 nitrogen and oxygen atoms in total. The van der Waals surface area contributed by atoms with Gasteiger partial charge in [0.05, 0.1) is 17.1 Å². The molecule has 0 fully saturated rings. The number of hydrogen-bond donors (Lipinski definition) is 1. The van der Waals surface area contributed by atoms with Crippen molar-refractivity contribution in [2.75, 3.05) is 25.5 Å². The molecule has 0 bridgehead atoms. The minimum atomic E-state index is -3.56. The van der Waals surface area contributed by atoms with Crippen molar-refractivity contribution in [1.29, 1.82) is 0 Å². The van der Waals surface area contributed by atoms with Gasteiger partial charge in [-0.1, -0.05) is 36.1 Å². The van der Waals surface area contributed by atoms with Crippen molar-refractivity contribution in [1.82, 2.24) is 4.72 Å². The van der Waals surface area contributed by atoms with Crippen molar-refractivity contribution in [3.8, 4) is 11.8 Å². The SMILES string of the molecule is Cc1ccc(C)c(S(=O)(=O)NCC#Cc2ccccc2N(C)C)c1. The first-order valence-corrected chi connectivity index (χ1v) is 9.12. The maximum absolute atomic E-state index is 12.4. The number of benzene rings is 2. The van der Waals surface area contributed by atoms with Gasteiger partial charge in [-0.3, -0.25) is 0 Å². The average Bonchev–Trinajstić information content (AvgIpc) is 2.54. The van der Waals surface area contributed by atoms with Gasteiger partial charge >= 0.3 is 0 Å². The van der Waals surface area contributed by atoms with E-state index in [2.05, 4.69) is 16.6 Å². The number of hydrogen-bond acceptors (Lipinski definition) is 3. The third-order valence-corrected chi connectivity index (χ3v) is 5.14. The maximum Gasteiger partial charge on any atom is 0.241 e. The highest BCUT2D eigenvalue weighted by Gasteiger charge is 2.15. The maximum atomic E-state index is 12.4. The van der Waals surface area contributed by atoms with Gasteiger partial charge in [-0.2, -0.15) is 4.72 Å². The van der Waals surface area contributed by atoms with Gasteiger partial charge in [0.15, 0.2) is 0 Å². The van der Waals surface area contributed by atoms with Gasteiger partial charge < -0.3 is 4.90 Å². The predicted molar refractivity (Wildman–Crippen MR) is 98.8 cm³/mol. The number of aryl methyl sites for hydroxylation is 2. The van der Waals surface area contributed by atoms with Crippen LogP contribution in [0.1, 0.15) is 16.7 Å². The Morgan fingerprint density at radius 3 is 2.50 bits per heavy atom. The molecular weight excluding hydrogens is 320 g/mol. The van der Waals surface area contributed by atoms with E-state index in [1.54, 1.807) is 13.0 Å². The molecule has 0 aliphatic rings. The van der Waals surface area contributed by atoms with Crippen LogP contribution < -0.4 is 9.62 Å². The number of rotatable bonds is 4. The van der Waals surface area contributed by atoms with E-state index >= 15 is 0 Å². The first-order chi connectivity index (χ1) is 11.3. The molecule has 0 saturated heterocycles. The Balaban J connectivity index is 2.14. The zero-order valence-corrected chi connectivity index (χ0v) is 15.2. The van der Waals surface area contributed by atoms with Crippen molar-refractivity contribution >= 4 is 15.7 Å². The van der Waals surface area contributed by atoms with Crippen LogP contribution in [-0.2, 0) is 10.0 Å². The smallest absolute Gasteiger partial charge is 0.241 e. The van der Waals surface area contributed by atoms with Gasteiger partial charge in [0.1, 0.15) is 0 Å². The molecule has 0 heterocycles. The molecule has 0 unspecified atom stereocenters. The normalized spacial score (nSPS) is 10.8. The van der Waals surface area contributed by atoms with Crippen LogP contribution in [0.4, 0.5) is 5.69 Å². The van der Waals surface area contributed by atoms with Crippen LogP contribution in [0.2, 0.25) is 0 Å². The van der Waals surface area contributed by atoms with E-state index in [4.69, 9.17) is 0 Å². The lowest BCUT2D eigenvalue weighted by atomic mass is 10.1. The average molecular weight is 342 g/mol. The van der Waals surface area contributed by atoms with Gasteiger partial charge in [0.25, 0.3) is 0 Å². The molecule has 0 amide bonds. The fourth-order valence-electron chi connectivity index (χ4n) is 2.31. The van der Waals surface area contributed by atoms with Crippen LogP contribution in [0.5, 0.6) is 0 Å². The fourth-order valence-corrected chi connectivity index (χ4v) is 3.57. The summed E-state index contributed by atoms with van der Waals surface area (Å²) in [5, 5.41) is 0. The van der Waals surface area contributed by atoms with E-state index in [9.17, 15) is 8.42 Å². The Labute approximate surface area is 144 Å². The molecule has 0 radical (unpaired) electrons. The first-order valence-electron chi connectivity index (χ1n) is 7.63. The molecule has 0 saturated carbocycles. The van der Waals surface area contributed by atoms with Crippen molar-refractivity contribution in [3.05, 3.63) is 59.2 Å². The van der Waals surface area contributed by atoms with E-state index in [0.717, 1.165) is 22.4 Å². The predicted octanol–water partition coefficient (Wildman–Crippen LogP) is 2.70. The highest BCUT2D eigenvalue weighted by molar-refractivity contribution is 7.89. The summed E-state index contributed by atoms with van der Waals surface area (Å²) in [6, 6.07) is 13.1. The van der Waals surface area contributed by atoms with Crippen molar-refractivity contribution in [2.45, 2.75) is 18.7 Å². The lowest BCUT2D eigenvalue weighted by Crippen LogP contribution is -2.24. The fraction of sp³-hybridized carbons (Fsp3) is 0.263. The number of nitrogens with zero attached hydrogens (tertiary/aromatic N) is 1. The second kappa shape index (κ2) is 7.52. The molecule has 0 spiro atoms. The highest BCUT2D eigenvalue weighted by Crippen LogP contribution is 2.17. The summed E-state index contributed by atoms with van der Waals surface area (Å²) in [5.41, 5.74) is 3.50. The van der Waals surface area contributed by atoms with Crippen molar-refractivity contribution in [3.63, 3.8) is 0 Å². The summed E-state index contributed by atoms with van der Waals surface area (Å²) in [6.45, 7) is 3.72. The second-order valence-corrected chi connectivity index (χ2v) is 7.54. The molecule has 1 N–H and O–H groups in total. The molecule has 0 aliphatic heterocycles. The molecule has 0 atom stereocenters. The van der Waals surface area contributed by atoms with Gasteiger partial charge in [-0.15, -0.1) is 0 Å². The van der Waals surface area contributed by atoms with E-state index in [0.29, 0.717) is 4.90 Å². The quantitative estimate of drug-likeness (QED) is 0.869. The van der Waals surface area contributed by atoms with E-state index in [1.165, 1.54) is 0 Å².